The van der Waals surface area contributed by atoms with Crippen molar-refractivity contribution in [3.8, 4) is 5.75 Å². The third-order valence-electron chi connectivity index (χ3n) is 3.03. The van der Waals surface area contributed by atoms with E-state index in [0.717, 1.165) is 24.6 Å². The largest absolute Gasteiger partial charge is 0.492 e. The first-order valence-corrected chi connectivity index (χ1v) is 7.21. The summed E-state index contributed by atoms with van der Waals surface area (Å²) in [5, 5.41) is 0. The monoisotopic (exact) mass is 252 g/mol. The van der Waals surface area contributed by atoms with E-state index in [-0.39, 0.29) is 0 Å². The maximum Gasteiger partial charge on any atom is 0.119 e. The summed E-state index contributed by atoms with van der Waals surface area (Å²) in [6.45, 7) is 5.22. The number of thioether (sulfide) groups is 1. The second-order valence-electron chi connectivity index (χ2n) is 4.38. The average Bonchev–Trinajstić information content (AvgIpc) is 2.34. The van der Waals surface area contributed by atoms with Gasteiger partial charge in [0.25, 0.3) is 0 Å². The molecule has 1 unspecified atom stereocenters. The SMILES string of the molecule is CC1CSCCN1CCOc1ccc(N)cc1. The van der Waals surface area contributed by atoms with Crippen molar-refractivity contribution in [1.82, 2.24) is 4.90 Å². The number of nitrogens with two attached hydrogens (primary N) is 1. The van der Waals surface area contributed by atoms with Crippen molar-refractivity contribution in [1.29, 1.82) is 0 Å². The van der Waals surface area contributed by atoms with E-state index in [4.69, 9.17) is 10.5 Å². The quantitative estimate of drug-likeness (QED) is 0.833. The number of benzene rings is 1. The van der Waals surface area contributed by atoms with Crippen LogP contribution < -0.4 is 10.5 Å². The standard InChI is InChI=1S/C13H20N2OS/c1-11-10-17-9-7-15(11)6-8-16-13-4-2-12(14)3-5-13/h2-5,11H,6-10,14H2,1H3. The van der Waals surface area contributed by atoms with Gasteiger partial charge in [0.05, 0.1) is 0 Å². The molecule has 1 aliphatic heterocycles. The van der Waals surface area contributed by atoms with Crippen molar-refractivity contribution in [2.75, 3.05) is 36.9 Å². The first kappa shape index (κ1) is 12.6. The van der Waals surface area contributed by atoms with Crippen LogP contribution in [0.1, 0.15) is 6.92 Å². The molecule has 3 nitrogen and oxygen atoms in total. The number of rotatable bonds is 4. The average molecular weight is 252 g/mol. The van der Waals surface area contributed by atoms with Crippen molar-refractivity contribution in [2.45, 2.75) is 13.0 Å². The lowest BCUT2D eigenvalue weighted by Crippen LogP contribution is -2.42. The molecule has 0 aromatic heterocycles. The Kier molecular flexibility index (Phi) is 4.57. The Labute approximate surface area is 107 Å². The van der Waals surface area contributed by atoms with Gasteiger partial charge in [0, 0.05) is 36.3 Å². The van der Waals surface area contributed by atoms with Crippen LogP contribution in [0.4, 0.5) is 5.69 Å². The fourth-order valence-corrected chi connectivity index (χ4v) is 3.02. The molecule has 1 saturated heterocycles. The van der Waals surface area contributed by atoms with E-state index in [0.29, 0.717) is 6.04 Å². The van der Waals surface area contributed by atoms with Crippen LogP contribution in [-0.4, -0.2) is 42.1 Å². The van der Waals surface area contributed by atoms with Gasteiger partial charge in [-0.3, -0.25) is 4.90 Å². The number of nitrogens with zero attached hydrogens (tertiary/aromatic N) is 1. The molecule has 4 heteroatoms. The Morgan fingerprint density at radius 1 is 1.41 bits per heavy atom. The predicted octanol–water partition coefficient (Wildman–Crippen LogP) is 2.08. The Bertz CT molecular complexity index is 342. The highest BCUT2D eigenvalue weighted by atomic mass is 32.2. The predicted molar refractivity (Wildman–Crippen MR) is 74.7 cm³/mol. The van der Waals surface area contributed by atoms with Crippen LogP contribution in [0.25, 0.3) is 0 Å². The lowest BCUT2D eigenvalue weighted by Gasteiger charge is -2.32. The van der Waals surface area contributed by atoms with Gasteiger partial charge in [0.2, 0.25) is 0 Å². The maximum absolute atomic E-state index is 5.71. The van der Waals surface area contributed by atoms with Crippen molar-refractivity contribution >= 4 is 17.4 Å². The highest BCUT2D eigenvalue weighted by Gasteiger charge is 2.17. The number of nitrogen functional groups attached to an aromatic ring is 1. The van der Waals surface area contributed by atoms with Gasteiger partial charge < -0.3 is 10.5 Å². The van der Waals surface area contributed by atoms with Crippen molar-refractivity contribution in [3.63, 3.8) is 0 Å². The van der Waals surface area contributed by atoms with Crippen LogP contribution >= 0.6 is 11.8 Å². The van der Waals surface area contributed by atoms with Crippen LogP contribution in [0, 0.1) is 0 Å². The van der Waals surface area contributed by atoms with Gasteiger partial charge in [-0.05, 0) is 31.2 Å². The van der Waals surface area contributed by atoms with E-state index in [2.05, 4.69) is 11.8 Å². The molecule has 2 N–H and O–H groups in total. The second kappa shape index (κ2) is 6.17. The second-order valence-corrected chi connectivity index (χ2v) is 5.53. The van der Waals surface area contributed by atoms with Crippen molar-refractivity contribution in [3.05, 3.63) is 24.3 Å². The summed E-state index contributed by atoms with van der Waals surface area (Å²) in [5.74, 6) is 3.38. The summed E-state index contributed by atoms with van der Waals surface area (Å²) >= 11 is 2.04. The van der Waals surface area contributed by atoms with E-state index in [1.165, 1.54) is 18.1 Å². The van der Waals surface area contributed by atoms with Gasteiger partial charge in [0.1, 0.15) is 12.4 Å². The van der Waals surface area contributed by atoms with Crippen LogP contribution in [0.15, 0.2) is 24.3 Å². The smallest absolute Gasteiger partial charge is 0.119 e. The van der Waals surface area contributed by atoms with E-state index in [1.54, 1.807) is 0 Å². The van der Waals surface area contributed by atoms with Crippen LogP contribution in [0.2, 0.25) is 0 Å². The van der Waals surface area contributed by atoms with Crippen LogP contribution in [0.5, 0.6) is 5.75 Å². The van der Waals surface area contributed by atoms with Gasteiger partial charge >= 0.3 is 0 Å². The van der Waals surface area contributed by atoms with E-state index in [1.807, 2.05) is 36.0 Å². The zero-order valence-electron chi connectivity index (χ0n) is 10.3. The number of hydrogen-bond acceptors (Lipinski definition) is 4. The molecule has 0 saturated carbocycles. The molecule has 1 aromatic carbocycles. The molecule has 1 aliphatic rings. The van der Waals surface area contributed by atoms with Gasteiger partial charge in [0.15, 0.2) is 0 Å². The fraction of sp³-hybridized carbons (Fsp3) is 0.538. The lowest BCUT2D eigenvalue weighted by molar-refractivity contribution is 0.183. The molecule has 0 spiro atoms. The molecular weight excluding hydrogens is 232 g/mol. The summed E-state index contributed by atoms with van der Waals surface area (Å²) in [7, 11) is 0. The van der Waals surface area contributed by atoms with Gasteiger partial charge in [-0.1, -0.05) is 0 Å². The van der Waals surface area contributed by atoms with Crippen LogP contribution in [-0.2, 0) is 0 Å². The molecule has 94 valence electrons. The Balaban J connectivity index is 1.73. The topological polar surface area (TPSA) is 38.5 Å². The maximum atomic E-state index is 5.71. The van der Waals surface area contributed by atoms with Gasteiger partial charge in [-0.25, -0.2) is 0 Å². The third kappa shape index (κ3) is 3.82. The zero-order chi connectivity index (χ0) is 12.1. The normalized spacial score (nSPS) is 21.4. The summed E-state index contributed by atoms with van der Waals surface area (Å²) in [4.78, 5) is 2.49. The van der Waals surface area contributed by atoms with E-state index < -0.39 is 0 Å². The zero-order valence-corrected chi connectivity index (χ0v) is 11.1. The molecule has 0 aliphatic carbocycles. The highest BCUT2D eigenvalue weighted by molar-refractivity contribution is 7.99. The minimum atomic E-state index is 0.670. The number of ether oxygens (including phenoxy) is 1. The summed E-state index contributed by atoms with van der Waals surface area (Å²) < 4.78 is 5.71. The molecule has 0 amide bonds. The molecule has 0 radical (unpaired) electrons. The van der Waals surface area contributed by atoms with Crippen molar-refractivity contribution in [2.24, 2.45) is 0 Å². The molecule has 0 bridgehead atoms. The minimum Gasteiger partial charge on any atom is -0.492 e. The molecule has 1 atom stereocenters. The molecule has 2 rings (SSSR count). The van der Waals surface area contributed by atoms with Crippen LogP contribution in [0.3, 0.4) is 0 Å². The molecule has 1 heterocycles. The third-order valence-corrected chi connectivity index (χ3v) is 4.22. The van der Waals surface area contributed by atoms with Gasteiger partial charge in [-0.15, -0.1) is 0 Å². The highest BCUT2D eigenvalue weighted by Crippen LogP contribution is 2.16. The first-order valence-electron chi connectivity index (χ1n) is 6.06. The molecular formula is C13H20N2OS. The Morgan fingerprint density at radius 2 is 2.18 bits per heavy atom. The molecule has 1 aromatic rings. The summed E-state index contributed by atoms with van der Waals surface area (Å²) in [6.07, 6.45) is 0. The summed E-state index contributed by atoms with van der Waals surface area (Å²) in [5.41, 5.74) is 6.40. The van der Waals surface area contributed by atoms with Crippen molar-refractivity contribution < 1.29 is 4.74 Å². The van der Waals surface area contributed by atoms with E-state index in [9.17, 15) is 0 Å². The number of anilines is 1. The fourth-order valence-electron chi connectivity index (χ4n) is 1.94. The minimum absolute atomic E-state index is 0.670. The first-order chi connectivity index (χ1) is 8.25. The summed E-state index contributed by atoms with van der Waals surface area (Å²) in [6, 6.07) is 8.25. The Morgan fingerprint density at radius 3 is 2.88 bits per heavy atom. The molecule has 17 heavy (non-hydrogen) atoms. The molecule has 1 fully saturated rings. The van der Waals surface area contributed by atoms with Gasteiger partial charge in [-0.2, -0.15) is 11.8 Å². The van der Waals surface area contributed by atoms with E-state index >= 15 is 0 Å². The number of hydrogen-bond donors (Lipinski definition) is 1. The lowest BCUT2D eigenvalue weighted by atomic mass is 10.3. The Hall–Kier alpha value is -0.870.